The maximum absolute atomic E-state index is 11.9. The first-order valence-electron chi connectivity index (χ1n) is 6.27. The molecule has 0 aliphatic rings. The Labute approximate surface area is 109 Å². The number of aromatic nitrogens is 1. The second-order valence-corrected chi connectivity index (χ2v) is 6.16. The molecule has 1 aromatic rings. The van der Waals surface area contributed by atoms with Crippen LogP contribution in [-0.2, 0) is 23.7 Å². The quantitative estimate of drug-likeness (QED) is 0.703. The zero-order valence-corrected chi connectivity index (χ0v) is 11.8. The fourth-order valence-corrected chi connectivity index (χ4v) is 2.89. The number of sulfonamides is 1. The predicted octanol–water partition coefficient (Wildman–Crippen LogP) is 1.38. The highest BCUT2D eigenvalue weighted by molar-refractivity contribution is 7.89. The first-order valence-corrected chi connectivity index (χ1v) is 7.75. The van der Waals surface area contributed by atoms with E-state index in [1.807, 2.05) is 0 Å². The molecule has 0 unspecified atom stereocenters. The van der Waals surface area contributed by atoms with Crippen molar-refractivity contribution in [3.05, 3.63) is 18.0 Å². The van der Waals surface area contributed by atoms with Gasteiger partial charge in [0, 0.05) is 25.5 Å². The first kappa shape index (κ1) is 15.2. The number of rotatable bonds is 8. The maximum Gasteiger partial charge on any atom is 0.242 e. The number of aliphatic hydroxyl groups is 1. The number of nitrogens with one attached hydrogen (secondary N) is 1. The summed E-state index contributed by atoms with van der Waals surface area (Å²) in [5.41, 5.74) is 0.585. The van der Waals surface area contributed by atoms with Crippen molar-refractivity contribution in [1.82, 2.24) is 9.29 Å². The molecule has 2 N–H and O–H groups in total. The summed E-state index contributed by atoms with van der Waals surface area (Å²) in [5.74, 6) is 0. The van der Waals surface area contributed by atoms with Crippen LogP contribution in [0.3, 0.4) is 0 Å². The predicted molar refractivity (Wildman–Crippen MR) is 70.7 cm³/mol. The van der Waals surface area contributed by atoms with Gasteiger partial charge in [0.2, 0.25) is 10.0 Å². The van der Waals surface area contributed by atoms with Gasteiger partial charge in [0.05, 0.1) is 11.5 Å². The van der Waals surface area contributed by atoms with E-state index in [0.29, 0.717) is 12.2 Å². The highest BCUT2D eigenvalue weighted by Gasteiger charge is 2.16. The van der Waals surface area contributed by atoms with E-state index < -0.39 is 10.0 Å². The normalized spacial score (nSPS) is 11.9. The summed E-state index contributed by atoms with van der Waals surface area (Å²) in [4.78, 5) is 0.213. The van der Waals surface area contributed by atoms with Gasteiger partial charge in [0.1, 0.15) is 0 Å². The second kappa shape index (κ2) is 6.92. The highest BCUT2D eigenvalue weighted by Crippen LogP contribution is 2.13. The van der Waals surface area contributed by atoms with Crippen LogP contribution in [-0.4, -0.2) is 24.6 Å². The summed E-state index contributed by atoms with van der Waals surface area (Å²) in [5, 5.41) is 9.03. The Morgan fingerprint density at radius 2 is 2.06 bits per heavy atom. The summed E-state index contributed by atoms with van der Waals surface area (Å²) in [6.45, 7) is 2.42. The van der Waals surface area contributed by atoms with E-state index in [4.69, 9.17) is 5.11 Å². The van der Waals surface area contributed by atoms with Crippen molar-refractivity contribution in [1.29, 1.82) is 0 Å². The van der Waals surface area contributed by atoms with Crippen molar-refractivity contribution in [3.8, 4) is 0 Å². The molecule has 0 radical (unpaired) electrons. The topological polar surface area (TPSA) is 71.3 Å². The smallest absolute Gasteiger partial charge is 0.242 e. The molecule has 5 nitrogen and oxygen atoms in total. The molecule has 0 atom stereocenters. The van der Waals surface area contributed by atoms with Crippen LogP contribution in [0.5, 0.6) is 0 Å². The summed E-state index contributed by atoms with van der Waals surface area (Å²) in [6.07, 6.45) is 5.66. The zero-order valence-electron chi connectivity index (χ0n) is 11.0. The number of aryl methyl sites for hydroxylation is 1. The van der Waals surface area contributed by atoms with Crippen LogP contribution in [0.4, 0.5) is 0 Å². The van der Waals surface area contributed by atoms with Crippen LogP contribution in [0.1, 0.15) is 38.3 Å². The fourth-order valence-electron chi connectivity index (χ4n) is 1.72. The Morgan fingerprint density at radius 3 is 2.61 bits per heavy atom. The zero-order chi connectivity index (χ0) is 13.6. The second-order valence-electron chi connectivity index (χ2n) is 4.39. The average Bonchev–Trinajstić information content (AvgIpc) is 2.71. The van der Waals surface area contributed by atoms with Gasteiger partial charge in [-0.3, -0.25) is 0 Å². The molecule has 104 valence electrons. The Morgan fingerprint density at radius 1 is 1.33 bits per heavy atom. The molecular formula is C12H22N2O3S. The van der Waals surface area contributed by atoms with Crippen LogP contribution in [0, 0.1) is 0 Å². The lowest BCUT2D eigenvalue weighted by atomic mass is 10.2. The van der Waals surface area contributed by atoms with E-state index in [1.165, 1.54) is 12.3 Å². The number of nitrogens with zero attached hydrogens (tertiary/aromatic N) is 1. The lowest BCUT2D eigenvalue weighted by molar-refractivity contribution is 0.272. The van der Waals surface area contributed by atoms with E-state index in [0.717, 1.165) is 25.7 Å². The average molecular weight is 274 g/mol. The molecular weight excluding hydrogens is 252 g/mol. The third-order valence-corrected chi connectivity index (χ3v) is 4.31. The van der Waals surface area contributed by atoms with Crippen LogP contribution in [0.15, 0.2) is 17.2 Å². The first-order chi connectivity index (χ1) is 8.51. The van der Waals surface area contributed by atoms with Crippen molar-refractivity contribution in [2.75, 3.05) is 6.54 Å². The molecule has 1 heterocycles. The standard InChI is InChI=1S/C12H22N2O3S/c1-3-4-5-6-7-13-18(16,17)12-8-11(10-15)14(2)9-12/h8-9,13,15H,3-7,10H2,1-2H3. The molecule has 1 aromatic heterocycles. The van der Waals surface area contributed by atoms with E-state index in [9.17, 15) is 8.42 Å². The van der Waals surface area contributed by atoms with Crippen molar-refractivity contribution in [2.45, 2.75) is 44.1 Å². The summed E-state index contributed by atoms with van der Waals surface area (Å²) >= 11 is 0. The molecule has 0 aliphatic heterocycles. The number of aliphatic hydroxyl groups excluding tert-OH is 1. The Kier molecular flexibility index (Phi) is 5.84. The van der Waals surface area contributed by atoms with Gasteiger partial charge in [0.25, 0.3) is 0 Å². The van der Waals surface area contributed by atoms with Crippen molar-refractivity contribution in [3.63, 3.8) is 0 Å². The molecule has 0 saturated heterocycles. The fraction of sp³-hybridized carbons (Fsp3) is 0.667. The highest BCUT2D eigenvalue weighted by atomic mass is 32.2. The largest absolute Gasteiger partial charge is 0.390 e. The number of unbranched alkanes of at least 4 members (excludes halogenated alkanes) is 3. The molecule has 0 spiro atoms. The monoisotopic (exact) mass is 274 g/mol. The van der Waals surface area contributed by atoms with Crippen LogP contribution in [0.25, 0.3) is 0 Å². The Balaban J connectivity index is 2.57. The van der Waals surface area contributed by atoms with E-state index >= 15 is 0 Å². The van der Waals surface area contributed by atoms with Crippen LogP contribution >= 0.6 is 0 Å². The van der Waals surface area contributed by atoms with Crippen LogP contribution in [0.2, 0.25) is 0 Å². The summed E-state index contributed by atoms with van der Waals surface area (Å²) < 4.78 is 28.1. The van der Waals surface area contributed by atoms with Gasteiger partial charge in [-0.05, 0) is 12.5 Å². The SMILES string of the molecule is CCCCCCNS(=O)(=O)c1cc(CO)n(C)c1. The van der Waals surface area contributed by atoms with Gasteiger partial charge in [-0.25, -0.2) is 13.1 Å². The lowest BCUT2D eigenvalue weighted by Gasteiger charge is -2.04. The third-order valence-electron chi connectivity index (χ3n) is 2.88. The minimum absolute atomic E-state index is 0.164. The molecule has 0 fully saturated rings. The molecule has 0 amide bonds. The van der Waals surface area contributed by atoms with Gasteiger partial charge in [-0.2, -0.15) is 0 Å². The number of hydrogen-bond acceptors (Lipinski definition) is 3. The molecule has 0 aromatic carbocycles. The molecule has 1 rings (SSSR count). The van der Waals surface area contributed by atoms with Crippen molar-refractivity contribution in [2.24, 2.45) is 7.05 Å². The van der Waals surface area contributed by atoms with Crippen molar-refractivity contribution >= 4 is 10.0 Å². The number of hydrogen-bond donors (Lipinski definition) is 2. The molecule has 0 bridgehead atoms. The van der Waals surface area contributed by atoms with Gasteiger partial charge in [-0.1, -0.05) is 26.2 Å². The third kappa shape index (κ3) is 4.12. The molecule has 0 aliphatic carbocycles. The Bertz CT molecular complexity index is 466. The summed E-state index contributed by atoms with van der Waals surface area (Å²) in [7, 11) is -1.73. The van der Waals surface area contributed by atoms with E-state index in [-0.39, 0.29) is 11.5 Å². The van der Waals surface area contributed by atoms with Gasteiger partial charge < -0.3 is 9.67 Å². The molecule has 0 saturated carbocycles. The lowest BCUT2D eigenvalue weighted by Crippen LogP contribution is -2.24. The molecule has 18 heavy (non-hydrogen) atoms. The van der Waals surface area contributed by atoms with Gasteiger partial charge in [-0.15, -0.1) is 0 Å². The minimum atomic E-state index is -3.44. The summed E-state index contributed by atoms with van der Waals surface area (Å²) in [6, 6.07) is 1.49. The van der Waals surface area contributed by atoms with E-state index in [2.05, 4.69) is 11.6 Å². The maximum atomic E-state index is 11.9. The Hall–Kier alpha value is -0.850. The van der Waals surface area contributed by atoms with E-state index in [1.54, 1.807) is 11.6 Å². The van der Waals surface area contributed by atoms with Gasteiger partial charge >= 0.3 is 0 Å². The van der Waals surface area contributed by atoms with Crippen LogP contribution < -0.4 is 4.72 Å². The minimum Gasteiger partial charge on any atom is -0.390 e. The molecule has 6 heteroatoms. The van der Waals surface area contributed by atoms with Gasteiger partial charge in [0.15, 0.2) is 0 Å². The van der Waals surface area contributed by atoms with Crippen molar-refractivity contribution < 1.29 is 13.5 Å².